The zero-order valence-corrected chi connectivity index (χ0v) is 14.6. The number of benzene rings is 2. The molecule has 0 aliphatic carbocycles. The van der Waals surface area contributed by atoms with Gasteiger partial charge in [0, 0.05) is 0 Å². The SMILES string of the molecule is Cc1ccccc1OP(=O)([O-])Oc1ccccc1C.[Na+]. The van der Waals surface area contributed by atoms with E-state index in [1.807, 2.05) is 0 Å². The van der Waals surface area contributed by atoms with Gasteiger partial charge in [-0.15, -0.1) is 0 Å². The summed E-state index contributed by atoms with van der Waals surface area (Å²) < 4.78 is 21.8. The Labute approximate surface area is 140 Å². The second-order valence-corrected chi connectivity index (χ2v) is 5.42. The van der Waals surface area contributed by atoms with Crippen LogP contribution in [-0.2, 0) is 4.57 Å². The van der Waals surface area contributed by atoms with E-state index in [1.165, 1.54) is 0 Å². The van der Waals surface area contributed by atoms with Crippen molar-refractivity contribution in [1.29, 1.82) is 0 Å². The Kier molecular flexibility index (Phi) is 6.31. The van der Waals surface area contributed by atoms with E-state index in [0.29, 0.717) is 0 Å². The van der Waals surface area contributed by atoms with Crippen LogP contribution in [0.3, 0.4) is 0 Å². The molecule has 20 heavy (non-hydrogen) atoms. The summed E-state index contributed by atoms with van der Waals surface area (Å²) in [5, 5.41) is 0. The van der Waals surface area contributed by atoms with Gasteiger partial charge < -0.3 is 13.9 Å². The average molecular weight is 300 g/mol. The summed E-state index contributed by atoms with van der Waals surface area (Å²) in [5.74, 6) is 0.545. The maximum atomic E-state index is 11.9. The summed E-state index contributed by atoms with van der Waals surface area (Å²) in [6.45, 7) is 3.53. The fourth-order valence-electron chi connectivity index (χ4n) is 1.58. The van der Waals surface area contributed by atoms with Crippen LogP contribution < -0.4 is 43.5 Å². The van der Waals surface area contributed by atoms with E-state index in [4.69, 9.17) is 9.05 Å². The molecule has 0 radical (unpaired) electrons. The van der Waals surface area contributed by atoms with Gasteiger partial charge in [-0.05, 0) is 37.1 Å². The molecule has 6 heteroatoms. The van der Waals surface area contributed by atoms with Gasteiger partial charge in [-0.25, -0.2) is 4.57 Å². The summed E-state index contributed by atoms with van der Waals surface area (Å²) in [5.41, 5.74) is 1.46. The summed E-state index contributed by atoms with van der Waals surface area (Å²) in [4.78, 5) is 11.9. The van der Waals surface area contributed by atoms with Gasteiger partial charge in [-0.2, -0.15) is 0 Å². The molecule has 2 aromatic carbocycles. The monoisotopic (exact) mass is 300 g/mol. The largest absolute Gasteiger partial charge is 1.00 e. The van der Waals surface area contributed by atoms with Gasteiger partial charge in [0.2, 0.25) is 0 Å². The van der Waals surface area contributed by atoms with Crippen LogP contribution in [0.25, 0.3) is 0 Å². The summed E-state index contributed by atoms with van der Waals surface area (Å²) in [6.07, 6.45) is 0. The van der Waals surface area contributed by atoms with Crippen LogP contribution in [0.4, 0.5) is 0 Å². The molecule has 0 fully saturated rings. The predicted molar refractivity (Wildman–Crippen MR) is 71.2 cm³/mol. The van der Waals surface area contributed by atoms with Crippen molar-refractivity contribution in [2.75, 3.05) is 0 Å². The molecule has 0 saturated heterocycles. The second-order valence-electron chi connectivity index (χ2n) is 4.16. The average Bonchev–Trinajstić information content (AvgIpc) is 2.35. The predicted octanol–water partition coefficient (Wildman–Crippen LogP) is 0.234. The first kappa shape index (κ1) is 17.3. The first-order chi connectivity index (χ1) is 8.98. The summed E-state index contributed by atoms with van der Waals surface area (Å²) in [6, 6.07) is 13.7. The Hall–Kier alpha value is -0.770. The van der Waals surface area contributed by atoms with Crippen molar-refractivity contribution < 1.29 is 48.1 Å². The van der Waals surface area contributed by atoms with Crippen molar-refractivity contribution >= 4 is 7.82 Å². The molecule has 0 aromatic heterocycles. The molecule has 2 aromatic rings. The number of phosphoric acid groups is 1. The molecule has 0 aliphatic heterocycles. The summed E-state index contributed by atoms with van der Waals surface area (Å²) >= 11 is 0. The molecule has 100 valence electrons. The maximum absolute atomic E-state index is 11.9. The minimum absolute atomic E-state index is 0. The van der Waals surface area contributed by atoms with Gasteiger partial charge in [-0.1, -0.05) is 36.4 Å². The third-order valence-electron chi connectivity index (χ3n) is 2.61. The van der Waals surface area contributed by atoms with Crippen LogP contribution in [0.2, 0.25) is 0 Å². The summed E-state index contributed by atoms with van der Waals surface area (Å²) in [7, 11) is -4.44. The van der Waals surface area contributed by atoms with Gasteiger partial charge in [0.25, 0.3) is 0 Å². The molecule has 0 N–H and O–H groups in total. The fraction of sp³-hybridized carbons (Fsp3) is 0.143. The Morgan fingerprint density at radius 1 is 0.850 bits per heavy atom. The standard InChI is InChI=1S/C14H15O4P.Na/c1-11-7-3-5-9-13(11)17-19(15,16)18-14-10-6-4-8-12(14)2;/h3-10H,1-2H3,(H,15,16);/q;+1/p-1. The van der Waals surface area contributed by atoms with Crippen molar-refractivity contribution in [3.63, 3.8) is 0 Å². The van der Waals surface area contributed by atoms with Gasteiger partial charge >= 0.3 is 37.4 Å². The van der Waals surface area contributed by atoms with E-state index in [0.717, 1.165) is 11.1 Å². The number of phosphoric ester groups is 1. The number of para-hydroxylation sites is 2. The van der Waals surface area contributed by atoms with Crippen LogP contribution in [-0.4, -0.2) is 0 Å². The number of aryl methyl sites for hydroxylation is 2. The van der Waals surface area contributed by atoms with Crippen molar-refractivity contribution in [2.45, 2.75) is 13.8 Å². The quantitative estimate of drug-likeness (QED) is 0.599. The van der Waals surface area contributed by atoms with Crippen molar-refractivity contribution in [3.8, 4) is 11.5 Å². The molecule has 0 saturated carbocycles. The van der Waals surface area contributed by atoms with Crippen molar-refractivity contribution in [1.82, 2.24) is 0 Å². The van der Waals surface area contributed by atoms with E-state index in [2.05, 4.69) is 0 Å². The van der Waals surface area contributed by atoms with Gasteiger partial charge in [0.1, 0.15) is 11.5 Å². The number of hydrogen-bond acceptors (Lipinski definition) is 4. The zero-order valence-electron chi connectivity index (χ0n) is 11.7. The van der Waals surface area contributed by atoms with E-state index in [9.17, 15) is 9.46 Å². The van der Waals surface area contributed by atoms with Gasteiger partial charge in [-0.3, -0.25) is 0 Å². The Morgan fingerprint density at radius 3 is 1.55 bits per heavy atom. The molecular formula is C14H14NaO4P. The molecule has 0 atom stereocenters. The Balaban J connectivity index is 0.00000200. The minimum Gasteiger partial charge on any atom is -0.736 e. The third kappa shape index (κ3) is 4.65. The molecule has 0 heterocycles. The van der Waals surface area contributed by atoms with E-state index in [-0.39, 0.29) is 41.1 Å². The van der Waals surface area contributed by atoms with Crippen molar-refractivity contribution in [2.24, 2.45) is 0 Å². The fourth-order valence-corrected chi connectivity index (χ4v) is 2.51. The molecule has 0 aliphatic rings. The van der Waals surface area contributed by atoms with Gasteiger partial charge in [0.05, 0.1) is 0 Å². The Morgan fingerprint density at radius 2 is 1.20 bits per heavy atom. The number of rotatable bonds is 4. The van der Waals surface area contributed by atoms with Crippen LogP contribution in [0.1, 0.15) is 11.1 Å². The first-order valence-electron chi connectivity index (χ1n) is 5.79. The van der Waals surface area contributed by atoms with E-state index >= 15 is 0 Å². The molecule has 0 unspecified atom stereocenters. The maximum Gasteiger partial charge on any atom is 1.00 e. The minimum atomic E-state index is -4.44. The number of hydrogen-bond donors (Lipinski definition) is 0. The van der Waals surface area contributed by atoms with E-state index in [1.54, 1.807) is 62.4 Å². The van der Waals surface area contributed by atoms with E-state index < -0.39 is 7.82 Å². The van der Waals surface area contributed by atoms with Gasteiger partial charge in [0.15, 0.2) is 0 Å². The Bertz CT molecular complexity index is 579. The molecule has 0 amide bonds. The van der Waals surface area contributed by atoms with Crippen LogP contribution in [0, 0.1) is 13.8 Å². The first-order valence-corrected chi connectivity index (χ1v) is 7.25. The molecule has 2 rings (SSSR count). The zero-order chi connectivity index (χ0) is 13.9. The van der Waals surface area contributed by atoms with Crippen LogP contribution in [0.15, 0.2) is 48.5 Å². The molecule has 0 bridgehead atoms. The van der Waals surface area contributed by atoms with Crippen LogP contribution in [0.5, 0.6) is 11.5 Å². The molecule has 4 nitrogen and oxygen atoms in total. The van der Waals surface area contributed by atoms with Crippen molar-refractivity contribution in [3.05, 3.63) is 59.7 Å². The smallest absolute Gasteiger partial charge is 0.736 e. The normalized spacial score (nSPS) is 10.6. The third-order valence-corrected chi connectivity index (χ3v) is 3.45. The molecule has 0 spiro atoms. The molecular weight excluding hydrogens is 286 g/mol. The topological polar surface area (TPSA) is 58.6 Å². The van der Waals surface area contributed by atoms with Crippen LogP contribution >= 0.6 is 7.82 Å². The second kappa shape index (κ2) is 7.30.